The van der Waals surface area contributed by atoms with Crippen LogP contribution in [-0.2, 0) is 11.2 Å². The highest BCUT2D eigenvalue weighted by molar-refractivity contribution is 9.10. The number of nitrogens with zero attached hydrogens (tertiary/aromatic N) is 1. The van der Waals surface area contributed by atoms with Crippen molar-refractivity contribution in [1.29, 1.82) is 0 Å². The fraction of sp³-hybridized carbons (Fsp3) is 0.0385. The largest absolute Gasteiger partial charge is 0.423 e. The summed E-state index contributed by atoms with van der Waals surface area (Å²) in [4.78, 5) is 24.6. The number of amides is 1. The summed E-state index contributed by atoms with van der Waals surface area (Å²) in [5, 5.41) is 6.44. The molecule has 164 valence electrons. The third-order valence-electron chi connectivity index (χ3n) is 4.90. The van der Waals surface area contributed by atoms with Gasteiger partial charge in [-0.05, 0) is 64.4 Å². The van der Waals surface area contributed by atoms with Gasteiger partial charge in [0.1, 0.15) is 5.75 Å². The van der Waals surface area contributed by atoms with Crippen molar-refractivity contribution in [1.82, 2.24) is 5.43 Å². The van der Waals surface area contributed by atoms with E-state index in [1.54, 1.807) is 48.5 Å². The predicted octanol–water partition coefficient (Wildman–Crippen LogP) is 6.17. The first-order valence-corrected chi connectivity index (χ1v) is 11.2. The normalized spacial score (nSPS) is 11.0. The first-order valence-electron chi connectivity index (χ1n) is 10.1. The number of halogens is 2. The summed E-state index contributed by atoms with van der Waals surface area (Å²) in [6.07, 6.45) is 1.74. The number of carbonyl (C=O) groups excluding carboxylic acids is 2. The summed E-state index contributed by atoms with van der Waals surface area (Å²) in [5.74, 6) is -0.373. The maximum Gasteiger partial charge on any atom is 0.345 e. The van der Waals surface area contributed by atoms with Gasteiger partial charge in [-0.2, -0.15) is 5.10 Å². The number of benzene rings is 4. The van der Waals surface area contributed by atoms with Gasteiger partial charge in [-0.1, -0.05) is 70.0 Å². The molecule has 0 aliphatic rings. The molecule has 0 bridgehead atoms. The molecule has 1 N–H and O–H groups in total. The first-order chi connectivity index (χ1) is 16.0. The molecule has 33 heavy (non-hydrogen) atoms. The van der Waals surface area contributed by atoms with Crippen LogP contribution in [-0.4, -0.2) is 18.1 Å². The zero-order chi connectivity index (χ0) is 23.2. The zero-order valence-electron chi connectivity index (χ0n) is 17.3. The van der Waals surface area contributed by atoms with Crippen LogP contribution in [0.15, 0.2) is 94.5 Å². The Hall–Kier alpha value is -3.48. The van der Waals surface area contributed by atoms with Crippen LogP contribution in [0.3, 0.4) is 0 Å². The van der Waals surface area contributed by atoms with E-state index in [2.05, 4.69) is 26.5 Å². The van der Waals surface area contributed by atoms with Gasteiger partial charge in [0.2, 0.25) is 5.91 Å². The van der Waals surface area contributed by atoms with Crippen LogP contribution in [0.5, 0.6) is 5.75 Å². The lowest BCUT2D eigenvalue weighted by atomic mass is 10.0. The molecule has 0 fully saturated rings. The molecule has 5 nitrogen and oxygen atoms in total. The third kappa shape index (κ3) is 5.66. The van der Waals surface area contributed by atoms with Crippen molar-refractivity contribution in [2.75, 3.05) is 0 Å². The highest BCUT2D eigenvalue weighted by Gasteiger charge is 2.12. The number of ether oxygens (including phenoxy) is 1. The van der Waals surface area contributed by atoms with Gasteiger partial charge in [0, 0.05) is 4.47 Å². The second-order valence-electron chi connectivity index (χ2n) is 7.16. The Labute approximate surface area is 204 Å². The number of hydrogen-bond donors (Lipinski definition) is 1. The Bertz CT molecular complexity index is 1350. The molecular formula is C26H18BrClN2O3. The Morgan fingerprint density at radius 3 is 2.36 bits per heavy atom. The van der Waals surface area contributed by atoms with Crippen molar-refractivity contribution in [3.05, 3.63) is 111 Å². The fourth-order valence-corrected chi connectivity index (χ4v) is 3.97. The number of hydrogen-bond acceptors (Lipinski definition) is 4. The van der Waals surface area contributed by atoms with Crippen molar-refractivity contribution in [2.24, 2.45) is 5.10 Å². The van der Waals surface area contributed by atoms with Crippen LogP contribution < -0.4 is 10.2 Å². The Morgan fingerprint density at radius 1 is 0.909 bits per heavy atom. The topological polar surface area (TPSA) is 67.8 Å². The van der Waals surface area contributed by atoms with E-state index < -0.39 is 5.97 Å². The van der Waals surface area contributed by atoms with Gasteiger partial charge in [0.25, 0.3) is 0 Å². The number of rotatable bonds is 6. The van der Waals surface area contributed by atoms with E-state index in [0.717, 1.165) is 26.4 Å². The van der Waals surface area contributed by atoms with E-state index in [9.17, 15) is 9.59 Å². The molecule has 0 saturated carbocycles. The van der Waals surface area contributed by atoms with Gasteiger partial charge in [-0.15, -0.1) is 0 Å². The predicted molar refractivity (Wildman–Crippen MR) is 134 cm³/mol. The summed E-state index contributed by atoms with van der Waals surface area (Å²) >= 11 is 9.57. The first kappa shape index (κ1) is 22.7. The molecule has 4 aromatic carbocycles. The number of nitrogens with one attached hydrogen (secondary N) is 1. The molecule has 4 rings (SSSR count). The minimum absolute atomic E-state index is 0.210. The summed E-state index contributed by atoms with van der Waals surface area (Å²) in [7, 11) is 0. The van der Waals surface area contributed by atoms with Gasteiger partial charge in [-0.3, -0.25) is 4.79 Å². The van der Waals surface area contributed by atoms with Gasteiger partial charge in [0.05, 0.1) is 23.2 Å². The van der Waals surface area contributed by atoms with Crippen LogP contribution in [0.2, 0.25) is 5.02 Å². The van der Waals surface area contributed by atoms with Crippen molar-refractivity contribution in [2.45, 2.75) is 6.42 Å². The SMILES string of the molecule is O=C(Cc1ccc(Br)c2ccccc12)NN=Cc1ccc(OC(=O)c2ccccc2Cl)cc1. The summed E-state index contributed by atoms with van der Waals surface area (Å²) in [6.45, 7) is 0. The highest BCUT2D eigenvalue weighted by Crippen LogP contribution is 2.27. The second kappa shape index (κ2) is 10.4. The second-order valence-corrected chi connectivity index (χ2v) is 8.42. The minimum Gasteiger partial charge on any atom is -0.423 e. The van der Waals surface area contributed by atoms with E-state index >= 15 is 0 Å². The maximum absolute atomic E-state index is 12.4. The number of fused-ring (bicyclic) bond motifs is 1. The molecule has 0 heterocycles. The molecule has 0 radical (unpaired) electrons. The molecular weight excluding hydrogens is 504 g/mol. The van der Waals surface area contributed by atoms with Crippen LogP contribution in [0.25, 0.3) is 10.8 Å². The average Bonchev–Trinajstić information content (AvgIpc) is 2.82. The molecule has 0 unspecified atom stereocenters. The van der Waals surface area contributed by atoms with Gasteiger partial charge in [0.15, 0.2) is 0 Å². The molecule has 0 saturated heterocycles. The lowest BCUT2D eigenvalue weighted by Crippen LogP contribution is -2.19. The summed E-state index contributed by atoms with van der Waals surface area (Å²) in [5.41, 5.74) is 4.51. The van der Waals surface area contributed by atoms with Crippen LogP contribution in [0, 0.1) is 0 Å². The smallest absolute Gasteiger partial charge is 0.345 e. The lowest BCUT2D eigenvalue weighted by Gasteiger charge is -2.07. The third-order valence-corrected chi connectivity index (χ3v) is 5.92. The van der Waals surface area contributed by atoms with Crippen molar-refractivity contribution in [3.63, 3.8) is 0 Å². The summed E-state index contributed by atoms with van der Waals surface area (Å²) < 4.78 is 6.34. The van der Waals surface area contributed by atoms with E-state index in [4.69, 9.17) is 16.3 Å². The molecule has 1 amide bonds. The van der Waals surface area contributed by atoms with E-state index in [-0.39, 0.29) is 12.3 Å². The zero-order valence-corrected chi connectivity index (χ0v) is 19.6. The molecule has 0 aliphatic heterocycles. The number of esters is 1. The van der Waals surface area contributed by atoms with Crippen LogP contribution >= 0.6 is 27.5 Å². The number of hydrazone groups is 1. The molecule has 0 atom stereocenters. The quantitative estimate of drug-likeness (QED) is 0.143. The van der Waals surface area contributed by atoms with Crippen molar-refractivity contribution < 1.29 is 14.3 Å². The number of carbonyl (C=O) groups is 2. The highest BCUT2D eigenvalue weighted by atomic mass is 79.9. The minimum atomic E-state index is -0.533. The van der Waals surface area contributed by atoms with Crippen LogP contribution in [0.4, 0.5) is 0 Å². The van der Waals surface area contributed by atoms with E-state index in [1.807, 2.05) is 36.4 Å². The fourth-order valence-electron chi connectivity index (χ4n) is 3.28. The molecule has 0 spiro atoms. The molecule has 7 heteroatoms. The standard InChI is InChI=1S/C26H18BrClN2O3/c27-23-14-11-18(20-5-1-2-6-21(20)23)15-25(31)30-29-16-17-9-12-19(13-10-17)33-26(32)22-7-3-4-8-24(22)28/h1-14,16H,15H2,(H,30,31). The van der Waals surface area contributed by atoms with Gasteiger partial charge < -0.3 is 4.74 Å². The lowest BCUT2D eigenvalue weighted by molar-refractivity contribution is -0.120. The van der Waals surface area contributed by atoms with Crippen molar-refractivity contribution in [3.8, 4) is 5.75 Å². The van der Waals surface area contributed by atoms with Crippen LogP contribution in [0.1, 0.15) is 21.5 Å². The average molecular weight is 522 g/mol. The Balaban J connectivity index is 1.34. The van der Waals surface area contributed by atoms with Gasteiger partial charge in [-0.25, -0.2) is 10.2 Å². The molecule has 0 aliphatic carbocycles. The molecule has 4 aromatic rings. The molecule has 0 aromatic heterocycles. The monoisotopic (exact) mass is 520 g/mol. The van der Waals surface area contributed by atoms with E-state index in [1.165, 1.54) is 6.21 Å². The summed E-state index contributed by atoms with van der Waals surface area (Å²) in [6, 6.07) is 25.2. The van der Waals surface area contributed by atoms with E-state index in [0.29, 0.717) is 16.3 Å². The maximum atomic E-state index is 12.4. The van der Waals surface area contributed by atoms with Gasteiger partial charge >= 0.3 is 5.97 Å². The Kier molecular flexibility index (Phi) is 7.17. The Morgan fingerprint density at radius 2 is 1.61 bits per heavy atom. The van der Waals surface area contributed by atoms with Crippen molar-refractivity contribution >= 4 is 56.4 Å².